The van der Waals surface area contributed by atoms with Crippen LogP contribution in [-0.4, -0.2) is 4.98 Å². The van der Waals surface area contributed by atoms with Gasteiger partial charge in [0, 0.05) is 17.3 Å². The number of nitrogens with zero attached hydrogens (tertiary/aromatic N) is 1. The molecule has 1 nitrogen and oxygen atoms in total. The third-order valence-electron chi connectivity index (χ3n) is 1.81. The largest absolute Gasteiger partial charge is 0.417 e. The maximum absolute atomic E-state index is 12.6. The molecular weight excluding hydrogens is 367 g/mol. The molecule has 0 aliphatic heterocycles. The number of hydrogen-bond acceptors (Lipinski definition) is 1. The van der Waals surface area contributed by atoms with E-state index in [1.54, 1.807) is 0 Å². The lowest BCUT2D eigenvalue weighted by Gasteiger charge is -2.16. The summed E-state index contributed by atoms with van der Waals surface area (Å²) in [7, 11) is 0. The van der Waals surface area contributed by atoms with Crippen LogP contribution in [0.3, 0.4) is 0 Å². The van der Waals surface area contributed by atoms with E-state index in [4.69, 9.17) is 11.6 Å². The van der Waals surface area contributed by atoms with Gasteiger partial charge >= 0.3 is 6.18 Å². The normalized spacial score (nSPS) is 12.2. The number of alkyl halides is 6. The molecular formula is C8H4ClF5IN. The second-order valence-corrected chi connectivity index (χ2v) is 4.08. The van der Waals surface area contributed by atoms with Crippen molar-refractivity contribution in [3.8, 4) is 0 Å². The smallest absolute Gasteiger partial charge is 0.249 e. The lowest BCUT2D eigenvalue weighted by molar-refractivity contribution is -0.140. The monoisotopic (exact) mass is 371 g/mol. The summed E-state index contributed by atoms with van der Waals surface area (Å²) in [5.41, 5.74) is -2.92. The Morgan fingerprint density at radius 1 is 1.38 bits per heavy atom. The van der Waals surface area contributed by atoms with Crippen LogP contribution in [0.15, 0.2) is 6.20 Å². The summed E-state index contributed by atoms with van der Waals surface area (Å²) in [6, 6.07) is 0. The van der Waals surface area contributed by atoms with E-state index >= 15 is 0 Å². The number of aromatic nitrogens is 1. The summed E-state index contributed by atoms with van der Waals surface area (Å²) in [6.07, 6.45) is -7.56. The molecule has 1 aromatic rings. The lowest BCUT2D eigenvalue weighted by Crippen LogP contribution is -2.15. The van der Waals surface area contributed by atoms with Crippen LogP contribution in [0.4, 0.5) is 22.0 Å². The van der Waals surface area contributed by atoms with Gasteiger partial charge in [0.2, 0.25) is 0 Å². The van der Waals surface area contributed by atoms with E-state index in [0.29, 0.717) is 6.20 Å². The lowest BCUT2D eigenvalue weighted by atomic mass is 10.1. The molecule has 0 aliphatic rings. The van der Waals surface area contributed by atoms with Crippen LogP contribution in [0.25, 0.3) is 0 Å². The molecule has 0 fully saturated rings. The first kappa shape index (κ1) is 13.9. The second-order valence-electron chi connectivity index (χ2n) is 2.79. The van der Waals surface area contributed by atoms with Crippen molar-refractivity contribution in [1.82, 2.24) is 4.98 Å². The molecule has 1 aromatic heterocycles. The number of hydrogen-bond donors (Lipinski definition) is 0. The van der Waals surface area contributed by atoms with Gasteiger partial charge < -0.3 is 0 Å². The van der Waals surface area contributed by atoms with E-state index in [9.17, 15) is 22.0 Å². The van der Waals surface area contributed by atoms with E-state index in [2.05, 4.69) is 4.98 Å². The molecule has 0 amide bonds. The molecule has 8 heteroatoms. The van der Waals surface area contributed by atoms with Crippen LogP contribution in [0.2, 0.25) is 0 Å². The highest BCUT2D eigenvalue weighted by molar-refractivity contribution is 14.1. The van der Waals surface area contributed by atoms with Gasteiger partial charge in [0.25, 0.3) is 6.43 Å². The van der Waals surface area contributed by atoms with E-state index in [1.165, 1.54) is 22.6 Å². The quantitative estimate of drug-likeness (QED) is 0.325. The minimum Gasteiger partial charge on any atom is -0.249 e. The Morgan fingerprint density at radius 3 is 2.31 bits per heavy atom. The minimum atomic E-state index is -4.86. The van der Waals surface area contributed by atoms with Crippen LogP contribution in [-0.2, 0) is 12.1 Å². The van der Waals surface area contributed by atoms with Gasteiger partial charge in [0.1, 0.15) is 3.70 Å². The van der Waals surface area contributed by atoms with Gasteiger partial charge in [-0.1, -0.05) is 0 Å². The molecule has 0 radical (unpaired) electrons. The van der Waals surface area contributed by atoms with Crippen molar-refractivity contribution in [2.75, 3.05) is 0 Å². The first-order chi connectivity index (χ1) is 7.29. The highest BCUT2D eigenvalue weighted by Crippen LogP contribution is 2.39. The number of halogens is 7. The Bertz CT molecular complexity index is 393. The van der Waals surface area contributed by atoms with Gasteiger partial charge in [-0.3, -0.25) is 0 Å². The van der Waals surface area contributed by atoms with Crippen molar-refractivity contribution in [1.29, 1.82) is 0 Å². The summed E-state index contributed by atoms with van der Waals surface area (Å²) in [6.45, 7) is 0. The second kappa shape index (κ2) is 4.99. The van der Waals surface area contributed by atoms with Gasteiger partial charge in [-0.15, -0.1) is 11.6 Å². The number of rotatable bonds is 2. The molecule has 0 saturated carbocycles. The zero-order valence-electron chi connectivity index (χ0n) is 7.45. The summed E-state index contributed by atoms with van der Waals surface area (Å²) < 4.78 is 62.7. The Labute approximate surface area is 106 Å². The molecule has 16 heavy (non-hydrogen) atoms. The van der Waals surface area contributed by atoms with E-state index in [1.807, 2.05) is 0 Å². The molecule has 0 atom stereocenters. The average molecular weight is 371 g/mol. The Balaban J connectivity index is 3.54. The highest BCUT2D eigenvalue weighted by atomic mass is 127. The van der Waals surface area contributed by atoms with Crippen LogP contribution in [0.1, 0.15) is 23.1 Å². The molecule has 0 N–H and O–H groups in total. The van der Waals surface area contributed by atoms with Crippen LogP contribution < -0.4 is 0 Å². The Morgan fingerprint density at radius 2 is 1.94 bits per heavy atom. The topological polar surface area (TPSA) is 12.9 Å². The SMILES string of the molecule is FC(F)c1cnc(I)c(CCl)c1C(F)(F)F. The first-order valence-electron chi connectivity index (χ1n) is 3.87. The van der Waals surface area contributed by atoms with Crippen LogP contribution in [0, 0.1) is 3.70 Å². The zero-order valence-corrected chi connectivity index (χ0v) is 10.4. The van der Waals surface area contributed by atoms with Crippen LogP contribution in [0.5, 0.6) is 0 Å². The van der Waals surface area contributed by atoms with Gasteiger partial charge in [-0.05, 0) is 22.6 Å². The molecule has 1 rings (SSSR count). The summed E-state index contributed by atoms with van der Waals surface area (Å²) >= 11 is 6.86. The number of pyridine rings is 1. The van der Waals surface area contributed by atoms with Crippen molar-refractivity contribution in [2.45, 2.75) is 18.5 Å². The van der Waals surface area contributed by atoms with Crippen molar-refractivity contribution in [3.63, 3.8) is 0 Å². The third kappa shape index (κ3) is 2.73. The fourth-order valence-electron chi connectivity index (χ4n) is 1.17. The Kier molecular flexibility index (Phi) is 4.33. The maximum atomic E-state index is 12.6. The molecule has 0 unspecified atom stereocenters. The van der Waals surface area contributed by atoms with Crippen molar-refractivity contribution < 1.29 is 22.0 Å². The molecule has 0 saturated heterocycles. The molecule has 0 aromatic carbocycles. The molecule has 0 bridgehead atoms. The van der Waals surface area contributed by atoms with Crippen molar-refractivity contribution in [2.24, 2.45) is 0 Å². The average Bonchev–Trinajstić information content (AvgIpc) is 2.15. The first-order valence-corrected chi connectivity index (χ1v) is 5.49. The predicted octanol–water partition coefficient (Wildman–Crippen LogP) is 4.38. The summed E-state index contributed by atoms with van der Waals surface area (Å²) in [5.74, 6) is -0.513. The molecule has 0 spiro atoms. The molecule has 1 heterocycles. The predicted molar refractivity (Wildman–Crippen MR) is 56.5 cm³/mol. The van der Waals surface area contributed by atoms with Crippen molar-refractivity contribution in [3.05, 3.63) is 26.6 Å². The van der Waals surface area contributed by atoms with Crippen molar-refractivity contribution >= 4 is 34.2 Å². The molecule has 0 aliphatic carbocycles. The summed E-state index contributed by atoms with van der Waals surface area (Å²) in [5, 5.41) is 0. The highest BCUT2D eigenvalue weighted by Gasteiger charge is 2.39. The van der Waals surface area contributed by atoms with Gasteiger partial charge in [-0.2, -0.15) is 13.2 Å². The van der Waals surface area contributed by atoms with E-state index < -0.39 is 35.2 Å². The van der Waals surface area contributed by atoms with E-state index in [0.717, 1.165) is 0 Å². The minimum absolute atomic E-state index is 0.0238. The van der Waals surface area contributed by atoms with Gasteiger partial charge in [0.05, 0.1) is 11.4 Å². The summed E-state index contributed by atoms with van der Waals surface area (Å²) in [4.78, 5) is 3.47. The maximum Gasteiger partial charge on any atom is 0.417 e. The standard InChI is InChI=1S/C8H4ClF5IN/c9-1-3-5(8(12,13)14)4(6(10)11)2-16-7(3)15/h2,6H,1H2. The third-order valence-corrected chi connectivity index (χ3v) is 3.01. The van der Waals surface area contributed by atoms with Gasteiger partial charge in [0.15, 0.2) is 0 Å². The molecule has 90 valence electrons. The fraction of sp³-hybridized carbons (Fsp3) is 0.375. The van der Waals surface area contributed by atoms with Crippen LogP contribution >= 0.6 is 34.2 Å². The fourth-order valence-corrected chi connectivity index (χ4v) is 2.25. The Hall–Kier alpha value is -0.180. The zero-order chi connectivity index (χ0) is 12.5. The van der Waals surface area contributed by atoms with Gasteiger partial charge in [-0.25, -0.2) is 13.8 Å². The van der Waals surface area contributed by atoms with E-state index in [-0.39, 0.29) is 3.70 Å².